The Morgan fingerprint density at radius 1 is 1.03 bits per heavy atom. The highest BCUT2D eigenvalue weighted by atomic mass is 79.9. The summed E-state index contributed by atoms with van der Waals surface area (Å²) >= 11 is 2.86. The molecule has 11 heteroatoms. The van der Waals surface area contributed by atoms with Gasteiger partial charge in [0.15, 0.2) is 11.5 Å². The zero-order valence-electron chi connectivity index (χ0n) is 25.9. The van der Waals surface area contributed by atoms with Crippen LogP contribution in [0.5, 0.6) is 11.5 Å². The van der Waals surface area contributed by atoms with Crippen LogP contribution in [0.1, 0.15) is 19.3 Å². The molecule has 1 heterocycles. The highest BCUT2D eigenvalue weighted by Crippen LogP contribution is 2.38. The van der Waals surface area contributed by atoms with Crippen LogP contribution in [0.4, 0.5) is 24.7 Å². The van der Waals surface area contributed by atoms with Gasteiger partial charge in [-0.05, 0) is 24.3 Å². The molecule has 0 amide bonds. The minimum atomic E-state index is -4.67. The number of nitrogens with zero attached hydrogens (tertiary/aromatic N) is 2. The van der Waals surface area contributed by atoms with Gasteiger partial charge in [-0.3, -0.25) is 0 Å². The van der Waals surface area contributed by atoms with Crippen molar-refractivity contribution in [2.75, 3.05) is 45.7 Å². The van der Waals surface area contributed by atoms with Crippen molar-refractivity contribution in [3.63, 3.8) is 0 Å². The lowest BCUT2D eigenvalue weighted by molar-refractivity contribution is -0.138. The lowest BCUT2D eigenvalue weighted by atomic mass is 10.1. The average Bonchev–Trinajstić information content (AvgIpc) is 2.79. The maximum absolute atomic E-state index is 13.4. The molecular formula is C21H21BrF3N3O4. The average molecular weight is 526 g/mol. The summed E-state index contributed by atoms with van der Waals surface area (Å²) in [5, 5.41) is 2.86. The topological polar surface area (TPSA) is 74.7 Å². The summed E-state index contributed by atoms with van der Waals surface area (Å²) in [5.41, 5.74) is -0.872. The molecule has 3 rings (SSSR count). The van der Waals surface area contributed by atoms with E-state index in [0.29, 0.717) is 0 Å². The molecule has 0 bridgehead atoms. The molecule has 0 spiro atoms. The summed E-state index contributed by atoms with van der Waals surface area (Å²) in [6.07, 6.45) is -3.60. The largest absolute Gasteiger partial charge is 0.487 e. The number of aromatic nitrogens is 2. The smallest absolute Gasteiger partial charge is 0.417 e. The normalized spacial score (nSPS) is 17.9. The Labute approximate surface area is 205 Å². The van der Waals surface area contributed by atoms with Crippen LogP contribution in [0.15, 0.2) is 41.1 Å². The van der Waals surface area contributed by atoms with E-state index in [9.17, 15) is 13.2 Å². The second-order valence-corrected chi connectivity index (χ2v) is 6.78. The molecule has 0 saturated carbocycles. The molecule has 0 aliphatic rings. The van der Waals surface area contributed by atoms with E-state index in [1.54, 1.807) is 0 Å². The molecule has 0 saturated heterocycles. The van der Waals surface area contributed by atoms with Crippen LogP contribution < -0.4 is 14.8 Å². The van der Waals surface area contributed by atoms with E-state index in [-0.39, 0.29) is 38.4 Å². The first kappa shape index (κ1) is 13.8. The van der Waals surface area contributed by atoms with Gasteiger partial charge >= 0.3 is 6.18 Å². The van der Waals surface area contributed by atoms with Gasteiger partial charge in [-0.2, -0.15) is 13.2 Å². The molecule has 2 aromatic carbocycles. The number of methoxy groups -OCH3 is 2. The van der Waals surface area contributed by atoms with Crippen LogP contribution >= 0.6 is 15.9 Å². The molecule has 0 radical (unpaired) electrons. The first-order valence-electron chi connectivity index (χ1n) is 13.6. The van der Waals surface area contributed by atoms with Crippen molar-refractivity contribution in [3.05, 3.63) is 46.7 Å². The zero-order chi connectivity index (χ0) is 31.7. The molecular weight excluding hydrogens is 495 g/mol. The van der Waals surface area contributed by atoms with Gasteiger partial charge in [0, 0.05) is 35.7 Å². The van der Waals surface area contributed by atoms with Crippen LogP contribution in [-0.4, -0.2) is 50.4 Å². The highest BCUT2D eigenvalue weighted by Gasteiger charge is 2.33. The minimum Gasteiger partial charge on any atom is -0.487 e. The number of benzene rings is 2. The number of fused-ring (bicyclic) bond motifs is 1. The Balaban J connectivity index is 2.02. The van der Waals surface area contributed by atoms with Crippen molar-refractivity contribution in [1.82, 2.24) is 9.97 Å². The summed E-state index contributed by atoms with van der Waals surface area (Å²) in [6.45, 7) is -7.67. The van der Waals surface area contributed by atoms with E-state index >= 15 is 0 Å². The molecule has 0 atom stereocenters. The molecule has 172 valence electrons. The Bertz CT molecular complexity index is 1430. The van der Waals surface area contributed by atoms with Gasteiger partial charge in [-0.15, -0.1) is 0 Å². The molecule has 7 nitrogen and oxygen atoms in total. The van der Waals surface area contributed by atoms with E-state index in [4.69, 9.17) is 23.2 Å². The van der Waals surface area contributed by atoms with Crippen LogP contribution in [0.3, 0.4) is 0 Å². The van der Waals surface area contributed by atoms with Crippen LogP contribution in [0.25, 0.3) is 10.9 Å². The molecule has 0 unspecified atom stereocenters. The van der Waals surface area contributed by atoms with Crippen LogP contribution in [0, 0.1) is 0 Å². The second kappa shape index (κ2) is 10.8. The fraction of sp³-hybridized carbons (Fsp3) is 0.333. The predicted octanol–water partition coefficient (Wildman–Crippen LogP) is 5.21. The standard InChI is InChI=1S/C21H21BrF3N3O4/c1-29-5-7-31-18-10-14-17(11-19(18)32-8-6-30-2)26-12-27-20(14)28-13-3-4-16(22)15(9-13)21(23,24)25/h3-4,9-12H,5-8H2,1-2H3,(H,26,27,28)/i1D3,2D3,5D2,6D2. The lowest BCUT2D eigenvalue weighted by Gasteiger charge is -2.16. The highest BCUT2D eigenvalue weighted by molar-refractivity contribution is 9.10. The van der Waals surface area contributed by atoms with Crippen molar-refractivity contribution in [2.45, 2.75) is 6.18 Å². The number of nitrogens with one attached hydrogen (secondary N) is 1. The number of hydrogen-bond donors (Lipinski definition) is 1. The monoisotopic (exact) mass is 525 g/mol. The van der Waals surface area contributed by atoms with E-state index in [1.165, 1.54) is 24.3 Å². The van der Waals surface area contributed by atoms with Gasteiger partial charge in [0.1, 0.15) is 25.4 Å². The van der Waals surface area contributed by atoms with E-state index in [0.717, 1.165) is 12.4 Å². The van der Waals surface area contributed by atoms with Gasteiger partial charge in [-0.25, -0.2) is 9.97 Å². The lowest BCUT2D eigenvalue weighted by Crippen LogP contribution is -2.09. The summed E-state index contributed by atoms with van der Waals surface area (Å²) in [6, 6.07) is 5.72. The molecule has 0 aliphatic heterocycles. The molecule has 1 N–H and O–H groups in total. The van der Waals surface area contributed by atoms with Gasteiger partial charge in [0.25, 0.3) is 0 Å². The van der Waals surface area contributed by atoms with E-state index < -0.39 is 52.1 Å². The van der Waals surface area contributed by atoms with Crippen LogP contribution in [-0.2, 0) is 15.7 Å². The number of ether oxygens (including phenoxy) is 4. The Hall–Kier alpha value is -2.63. The van der Waals surface area contributed by atoms with Crippen molar-refractivity contribution in [3.8, 4) is 11.5 Å². The molecule has 3 aromatic rings. The third-order valence-electron chi connectivity index (χ3n) is 3.95. The molecule has 32 heavy (non-hydrogen) atoms. The van der Waals surface area contributed by atoms with E-state index in [1.807, 2.05) is 0 Å². The van der Waals surface area contributed by atoms with Crippen molar-refractivity contribution in [1.29, 1.82) is 0 Å². The first-order chi connectivity index (χ1) is 19.0. The van der Waals surface area contributed by atoms with E-state index in [2.05, 4.69) is 40.7 Å². The summed E-state index contributed by atoms with van der Waals surface area (Å²) in [7, 11) is -6.23. The Morgan fingerprint density at radius 2 is 1.72 bits per heavy atom. The number of halogens is 4. The molecule has 0 fully saturated rings. The maximum Gasteiger partial charge on any atom is 0.417 e. The zero-order valence-corrected chi connectivity index (χ0v) is 17.5. The van der Waals surface area contributed by atoms with Crippen LogP contribution in [0.2, 0.25) is 0 Å². The van der Waals surface area contributed by atoms with Gasteiger partial charge in [-0.1, -0.05) is 15.9 Å². The quantitative estimate of drug-likeness (QED) is 0.389. The van der Waals surface area contributed by atoms with Crippen molar-refractivity contribution in [2.24, 2.45) is 0 Å². The Morgan fingerprint density at radius 3 is 2.38 bits per heavy atom. The number of hydrogen-bond acceptors (Lipinski definition) is 7. The van der Waals surface area contributed by atoms with Crippen molar-refractivity contribution >= 4 is 38.3 Å². The Kier molecular flexibility index (Phi) is 4.66. The molecule has 1 aromatic heterocycles. The predicted molar refractivity (Wildman–Crippen MR) is 117 cm³/mol. The maximum atomic E-state index is 13.4. The molecule has 0 aliphatic carbocycles. The fourth-order valence-corrected chi connectivity index (χ4v) is 3.09. The number of rotatable bonds is 10. The summed E-state index contributed by atoms with van der Waals surface area (Å²) in [5.74, 6) is -0.637. The third kappa shape index (κ3) is 5.99. The fourth-order valence-electron chi connectivity index (χ4n) is 2.62. The summed E-state index contributed by atoms with van der Waals surface area (Å²) < 4.78 is 133. The third-order valence-corrected chi connectivity index (χ3v) is 4.64. The van der Waals surface area contributed by atoms with Gasteiger partial charge in [0.05, 0.1) is 37.9 Å². The van der Waals surface area contributed by atoms with Gasteiger partial charge < -0.3 is 24.3 Å². The number of anilines is 2. The number of alkyl halides is 3. The minimum absolute atomic E-state index is 0.00857. The second-order valence-electron chi connectivity index (χ2n) is 5.93. The van der Waals surface area contributed by atoms with Gasteiger partial charge in [0.2, 0.25) is 0 Å². The summed E-state index contributed by atoms with van der Waals surface area (Å²) in [4.78, 5) is 8.10. The SMILES string of the molecule is [2H]C([2H])([2H])OC([2H])([2H])COc1cc2ncnc(Nc3ccc(Br)c(C(F)(F)F)c3)c2cc1OCC([2H])([2H])OC([2H])([2H])[2H]. The first-order valence-corrected chi connectivity index (χ1v) is 9.41. The van der Waals surface area contributed by atoms with Crippen molar-refractivity contribution < 1.29 is 45.8 Å².